The largest absolute Gasteiger partial charge is 0.508 e. The number of rotatable bonds is 3. The third-order valence-electron chi connectivity index (χ3n) is 2.85. The van der Waals surface area contributed by atoms with Crippen molar-refractivity contribution < 1.29 is 14.8 Å². The first-order chi connectivity index (χ1) is 9.49. The Hall–Kier alpha value is -2.89. The van der Waals surface area contributed by atoms with Gasteiger partial charge in [-0.05, 0) is 30.3 Å². The highest BCUT2D eigenvalue weighted by molar-refractivity contribution is 6.06. The van der Waals surface area contributed by atoms with Crippen LogP contribution < -0.4 is 4.90 Å². The third kappa shape index (κ3) is 2.74. The maximum absolute atomic E-state index is 12.2. The minimum Gasteiger partial charge on any atom is -0.508 e. The van der Waals surface area contributed by atoms with E-state index >= 15 is 0 Å². The van der Waals surface area contributed by atoms with E-state index in [4.69, 9.17) is 0 Å². The molecule has 6 heteroatoms. The average Bonchev–Trinajstić information content (AvgIpc) is 2.46. The van der Waals surface area contributed by atoms with E-state index in [0.717, 1.165) is 0 Å². The zero-order valence-corrected chi connectivity index (χ0v) is 10.7. The van der Waals surface area contributed by atoms with Crippen molar-refractivity contribution in [2.75, 3.05) is 11.9 Å². The van der Waals surface area contributed by atoms with Crippen molar-refractivity contribution in [2.45, 2.75) is 0 Å². The molecule has 0 aliphatic heterocycles. The zero-order chi connectivity index (χ0) is 14.7. The summed E-state index contributed by atoms with van der Waals surface area (Å²) in [6.07, 6.45) is 0. The number of phenolic OH excluding ortho intramolecular Hbond substituents is 1. The van der Waals surface area contributed by atoms with Gasteiger partial charge in [-0.3, -0.25) is 14.9 Å². The van der Waals surface area contributed by atoms with Gasteiger partial charge < -0.3 is 10.0 Å². The van der Waals surface area contributed by atoms with E-state index in [9.17, 15) is 20.0 Å². The number of nitro groups is 1. The van der Waals surface area contributed by atoms with Gasteiger partial charge in [0.2, 0.25) is 0 Å². The predicted molar refractivity (Wildman–Crippen MR) is 73.9 cm³/mol. The monoisotopic (exact) mass is 272 g/mol. The lowest BCUT2D eigenvalue weighted by atomic mass is 10.1. The normalized spacial score (nSPS) is 10.1. The summed E-state index contributed by atoms with van der Waals surface area (Å²) < 4.78 is 0. The highest BCUT2D eigenvalue weighted by Gasteiger charge is 2.16. The molecule has 1 N–H and O–H groups in total. The van der Waals surface area contributed by atoms with Gasteiger partial charge in [0.05, 0.1) is 4.92 Å². The topological polar surface area (TPSA) is 83.7 Å². The van der Waals surface area contributed by atoms with Crippen LogP contribution >= 0.6 is 0 Å². The minimum atomic E-state index is -0.544. The molecule has 0 bridgehead atoms. The molecule has 0 unspecified atom stereocenters. The van der Waals surface area contributed by atoms with E-state index in [2.05, 4.69) is 0 Å². The molecule has 0 aliphatic carbocycles. The molecule has 0 spiro atoms. The minimum absolute atomic E-state index is 0.102. The van der Waals surface area contributed by atoms with Crippen LogP contribution in [-0.4, -0.2) is 23.0 Å². The number of nitro benzene ring substituents is 1. The molecule has 20 heavy (non-hydrogen) atoms. The van der Waals surface area contributed by atoms with Crippen LogP contribution in [-0.2, 0) is 0 Å². The molecular formula is C14H12N2O4. The number of nitrogens with zero attached hydrogens (tertiary/aromatic N) is 2. The summed E-state index contributed by atoms with van der Waals surface area (Å²) >= 11 is 0. The molecule has 0 heterocycles. The molecule has 0 aromatic heterocycles. The first-order valence-corrected chi connectivity index (χ1v) is 5.80. The van der Waals surface area contributed by atoms with E-state index in [0.29, 0.717) is 5.69 Å². The van der Waals surface area contributed by atoms with Crippen molar-refractivity contribution in [3.05, 3.63) is 64.2 Å². The molecule has 0 atom stereocenters. The van der Waals surface area contributed by atoms with E-state index in [1.807, 2.05) is 0 Å². The smallest absolute Gasteiger partial charge is 0.270 e. The number of carbonyl (C=O) groups is 1. The summed E-state index contributed by atoms with van der Waals surface area (Å²) in [5, 5.41) is 19.9. The molecule has 2 rings (SSSR count). The summed E-state index contributed by atoms with van der Waals surface area (Å²) in [5.74, 6) is -0.260. The maximum atomic E-state index is 12.2. The Morgan fingerprint density at radius 1 is 1.20 bits per heavy atom. The Labute approximate surface area is 115 Å². The van der Waals surface area contributed by atoms with Crippen LogP contribution in [0.3, 0.4) is 0 Å². The van der Waals surface area contributed by atoms with Crippen molar-refractivity contribution in [1.82, 2.24) is 0 Å². The quantitative estimate of drug-likeness (QED) is 0.687. The number of anilines is 1. The maximum Gasteiger partial charge on any atom is 0.270 e. The van der Waals surface area contributed by atoms with E-state index < -0.39 is 4.92 Å². The summed E-state index contributed by atoms with van der Waals surface area (Å²) in [4.78, 5) is 23.8. The van der Waals surface area contributed by atoms with Crippen LogP contribution in [0.4, 0.5) is 11.4 Å². The zero-order valence-electron chi connectivity index (χ0n) is 10.7. The summed E-state index contributed by atoms with van der Waals surface area (Å²) in [6, 6.07) is 11.7. The fourth-order valence-corrected chi connectivity index (χ4v) is 1.74. The first kappa shape index (κ1) is 13.5. The van der Waals surface area contributed by atoms with Gasteiger partial charge in [0.25, 0.3) is 11.6 Å². The second-order valence-corrected chi connectivity index (χ2v) is 4.19. The molecule has 102 valence electrons. The summed E-state index contributed by atoms with van der Waals surface area (Å²) in [5.41, 5.74) is 0.684. The Morgan fingerprint density at radius 3 is 2.45 bits per heavy atom. The van der Waals surface area contributed by atoms with Gasteiger partial charge in [0.1, 0.15) is 5.75 Å². The highest BCUT2D eigenvalue weighted by Crippen LogP contribution is 2.20. The van der Waals surface area contributed by atoms with Crippen LogP contribution in [0.1, 0.15) is 10.4 Å². The van der Waals surface area contributed by atoms with Gasteiger partial charge in [-0.1, -0.05) is 6.07 Å². The fourth-order valence-electron chi connectivity index (χ4n) is 1.74. The Kier molecular flexibility index (Phi) is 3.65. The van der Waals surface area contributed by atoms with Crippen LogP contribution in [0, 0.1) is 10.1 Å². The molecule has 0 aliphatic rings. The fraction of sp³-hybridized carbons (Fsp3) is 0.0714. The molecule has 6 nitrogen and oxygen atoms in total. The molecule has 2 aromatic carbocycles. The van der Waals surface area contributed by atoms with Gasteiger partial charge in [-0.15, -0.1) is 0 Å². The lowest BCUT2D eigenvalue weighted by molar-refractivity contribution is -0.384. The molecule has 2 aromatic rings. The Bertz CT molecular complexity index is 652. The van der Waals surface area contributed by atoms with Crippen LogP contribution in [0.25, 0.3) is 0 Å². The van der Waals surface area contributed by atoms with Gasteiger partial charge in [0.15, 0.2) is 0 Å². The lowest BCUT2D eigenvalue weighted by Gasteiger charge is -2.17. The van der Waals surface area contributed by atoms with E-state index in [1.165, 1.54) is 41.3 Å². The predicted octanol–water partition coefficient (Wildman–Crippen LogP) is 2.58. The van der Waals surface area contributed by atoms with Crippen molar-refractivity contribution in [3.8, 4) is 5.75 Å². The third-order valence-corrected chi connectivity index (χ3v) is 2.85. The molecule has 1 amide bonds. The summed E-state index contributed by atoms with van der Waals surface area (Å²) in [7, 11) is 1.56. The highest BCUT2D eigenvalue weighted by atomic mass is 16.6. The number of phenols is 1. The summed E-state index contributed by atoms with van der Waals surface area (Å²) in [6.45, 7) is 0. The van der Waals surface area contributed by atoms with Crippen LogP contribution in [0.2, 0.25) is 0 Å². The van der Waals surface area contributed by atoms with Crippen molar-refractivity contribution in [2.24, 2.45) is 0 Å². The number of amides is 1. The second kappa shape index (κ2) is 5.40. The van der Waals surface area contributed by atoms with Crippen molar-refractivity contribution in [1.29, 1.82) is 0 Å². The lowest BCUT2D eigenvalue weighted by Crippen LogP contribution is -2.26. The van der Waals surface area contributed by atoms with Gasteiger partial charge in [-0.2, -0.15) is 0 Å². The SMILES string of the molecule is CN(C(=O)c1cccc([N+](=O)[O-])c1)c1ccc(O)cc1. The Morgan fingerprint density at radius 2 is 1.85 bits per heavy atom. The van der Waals surface area contributed by atoms with E-state index in [-0.39, 0.29) is 22.9 Å². The number of carbonyl (C=O) groups excluding carboxylic acids is 1. The number of hydrogen-bond acceptors (Lipinski definition) is 4. The average molecular weight is 272 g/mol. The van der Waals surface area contributed by atoms with Crippen molar-refractivity contribution in [3.63, 3.8) is 0 Å². The standard InChI is InChI=1S/C14H12N2O4/c1-15(11-5-7-13(17)8-6-11)14(18)10-3-2-4-12(9-10)16(19)20/h2-9,17H,1H3. The second-order valence-electron chi connectivity index (χ2n) is 4.19. The molecule has 0 saturated carbocycles. The van der Waals surface area contributed by atoms with Gasteiger partial charge in [0, 0.05) is 30.4 Å². The number of non-ortho nitro benzene ring substituents is 1. The van der Waals surface area contributed by atoms with Gasteiger partial charge >= 0.3 is 0 Å². The number of aromatic hydroxyl groups is 1. The van der Waals surface area contributed by atoms with Crippen LogP contribution in [0.15, 0.2) is 48.5 Å². The molecule has 0 fully saturated rings. The number of hydrogen-bond donors (Lipinski definition) is 1. The molecule has 0 radical (unpaired) electrons. The number of benzene rings is 2. The molecule has 0 saturated heterocycles. The van der Waals surface area contributed by atoms with Gasteiger partial charge in [-0.25, -0.2) is 0 Å². The molecular weight excluding hydrogens is 260 g/mol. The Balaban J connectivity index is 2.28. The first-order valence-electron chi connectivity index (χ1n) is 5.80. The van der Waals surface area contributed by atoms with Crippen LogP contribution in [0.5, 0.6) is 5.75 Å². The van der Waals surface area contributed by atoms with Crippen molar-refractivity contribution >= 4 is 17.3 Å². The van der Waals surface area contributed by atoms with E-state index in [1.54, 1.807) is 19.2 Å².